The van der Waals surface area contributed by atoms with E-state index < -0.39 is 29.6 Å². The molecule has 1 aliphatic heterocycles. The van der Waals surface area contributed by atoms with Crippen LogP contribution < -0.4 is 10.2 Å². The minimum Gasteiger partial charge on any atom is -0.345 e. The lowest BCUT2D eigenvalue weighted by Gasteiger charge is -2.34. The van der Waals surface area contributed by atoms with Crippen molar-refractivity contribution >= 4 is 33.4 Å². The number of nitrogens with one attached hydrogen (secondary N) is 1. The second-order valence-electron chi connectivity index (χ2n) is 4.32. The molecule has 1 N–H and O–H groups in total. The zero-order valence-corrected chi connectivity index (χ0v) is 11.9. The van der Waals surface area contributed by atoms with Crippen molar-refractivity contribution in [2.75, 3.05) is 11.4 Å². The van der Waals surface area contributed by atoms with Gasteiger partial charge >= 0.3 is 6.18 Å². The summed E-state index contributed by atoms with van der Waals surface area (Å²) < 4.78 is 39.5. The number of halogens is 4. The van der Waals surface area contributed by atoms with Gasteiger partial charge in [0.15, 0.2) is 0 Å². The van der Waals surface area contributed by atoms with Gasteiger partial charge < -0.3 is 5.32 Å². The maximum Gasteiger partial charge on any atom is 0.418 e. The zero-order chi connectivity index (χ0) is 15.1. The normalized spacial score (nSPS) is 20.1. The molecule has 2 amide bonds. The van der Waals surface area contributed by atoms with Crippen molar-refractivity contribution in [2.24, 2.45) is 0 Å². The number of benzene rings is 1. The van der Waals surface area contributed by atoms with Gasteiger partial charge in [-0.05, 0) is 25.1 Å². The number of carbonyl (C=O) groups excluding carboxylic acids is 2. The summed E-state index contributed by atoms with van der Waals surface area (Å²) in [5.41, 5.74) is -1.27. The van der Waals surface area contributed by atoms with E-state index in [0.29, 0.717) is 0 Å². The molecule has 0 bridgehead atoms. The van der Waals surface area contributed by atoms with Gasteiger partial charge in [-0.25, -0.2) is 0 Å². The molecule has 4 nitrogen and oxygen atoms in total. The van der Waals surface area contributed by atoms with Crippen LogP contribution in [0.4, 0.5) is 18.9 Å². The van der Waals surface area contributed by atoms with Crippen molar-refractivity contribution in [1.82, 2.24) is 5.32 Å². The van der Waals surface area contributed by atoms with E-state index in [4.69, 9.17) is 0 Å². The molecule has 1 fully saturated rings. The summed E-state index contributed by atoms with van der Waals surface area (Å²) >= 11 is 2.97. The highest BCUT2D eigenvalue weighted by Gasteiger charge is 2.40. The Bertz CT molecular complexity index is 574. The number of anilines is 1. The lowest BCUT2D eigenvalue weighted by atomic mass is 10.1. The van der Waals surface area contributed by atoms with E-state index in [1.165, 1.54) is 19.1 Å². The smallest absolute Gasteiger partial charge is 0.345 e. The Morgan fingerprint density at radius 3 is 2.60 bits per heavy atom. The molecule has 1 aromatic carbocycles. The molecule has 0 spiro atoms. The van der Waals surface area contributed by atoms with Crippen LogP contribution in [0.5, 0.6) is 0 Å². The van der Waals surface area contributed by atoms with Crippen LogP contribution in [0.2, 0.25) is 0 Å². The Hall–Kier alpha value is -1.57. The number of rotatable bonds is 1. The molecule has 2 rings (SSSR count). The maximum absolute atomic E-state index is 13.1. The van der Waals surface area contributed by atoms with Crippen LogP contribution in [0.25, 0.3) is 0 Å². The molecule has 8 heteroatoms. The van der Waals surface area contributed by atoms with Gasteiger partial charge in [0.05, 0.1) is 17.8 Å². The Morgan fingerprint density at radius 2 is 2.00 bits per heavy atom. The average Bonchev–Trinajstić information content (AvgIpc) is 2.35. The first-order chi connectivity index (χ1) is 9.21. The number of alkyl halides is 3. The average molecular weight is 351 g/mol. The number of hydrogen-bond acceptors (Lipinski definition) is 2. The van der Waals surface area contributed by atoms with Crippen molar-refractivity contribution in [2.45, 2.75) is 19.1 Å². The predicted molar refractivity (Wildman–Crippen MR) is 69.1 cm³/mol. The Balaban J connectivity index is 2.56. The molecule has 20 heavy (non-hydrogen) atoms. The molecule has 1 heterocycles. The van der Waals surface area contributed by atoms with Crippen molar-refractivity contribution < 1.29 is 22.8 Å². The van der Waals surface area contributed by atoms with E-state index in [0.717, 1.165) is 11.0 Å². The molecule has 0 aliphatic carbocycles. The molecule has 0 radical (unpaired) electrons. The predicted octanol–water partition coefficient (Wildman–Crippen LogP) is 2.32. The highest BCUT2D eigenvalue weighted by Crippen LogP contribution is 2.39. The molecule has 1 unspecified atom stereocenters. The summed E-state index contributed by atoms with van der Waals surface area (Å²) in [6, 6.07) is 2.48. The summed E-state index contributed by atoms with van der Waals surface area (Å²) in [5, 5.41) is 2.33. The second-order valence-corrected chi connectivity index (χ2v) is 5.23. The van der Waals surface area contributed by atoms with Crippen molar-refractivity contribution in [3.8, 4) is 0 Å². The maximum atomic E-state index is 13.1. The van der Waals surface area contributed by atoms with Gasteiger partial charge in [-0.1, -0.05) is 15.9 Å². The fraction of sp³-hybridized carbons (Fsp3) is 0.333. The molecule has 1 atom stereocenters. The van der Waals surface area contributed by atoms with Crippen LogP contribution in [-0.4, -0.2) is 24.4 Å². The van der Waals surface area contributed by atoms with Gasteiger partial charge in [-0.2, -0.15) is 13.2 Å². The molecular formula is C12H10BrF3N2O2. The van der Waals surface area contributed by atoms with Gasteiger partial charge in [-0.15, -0.1) is 0 Å². The van der Waals surface area contributed by atoms with Crippen molar-refractivity contribution in [3.63, 3.8) is 0 Å². The quantitative estimate of drug-likeness (QED) is 0.844. The molecule has 1 saturated heterocycles. The minimum absolute atomic E-state index is 0.245. The topological polar surface area (TPSA) is 49.4 Å². The van der Waals surface area contributed by atoms with Crippen molar-refractivity contribution in [3.05, 3.63) is 28.2 Å². The van der Waals surface area contributed by atoms with Crippen LogP contribution in [0.3, 0.4) is 0 Å². The minimum atomic E-state index is -4.62. The fourth-order valence-electron chi connectivity index (χ4n) is 2.02. The van der Waals surface area contributed by atoms with E-state index in [2.05, 4.69) is 21.2 Å². The number of amides is 2. The van der Waals surface area contributed by atoms with E-state index in [1.54, 1.807) is 0 Å². The fourth-order valence-corrected chi connectivity index (χ4v) is 2.38. The summed E-state index contributed by atoms with van der Waals surface area (Å²) in [7, 11) is 0. The van der Waals surface area contributed by atoms with Gasteiger partial charge in [0, 0.05) is 4.47 Å². The monoisotopic (exact) mass is 350 g/mol. The van der Waals surface area contributed by atoms with E-state index in [1.807, 2.05) is 0 Å². The number of nitrogens with zero attached hydrogens (tertiary/aromatic N) is 1. The van der Waals surface area contributed by atoms with Gasteiger partial charge in [0.1, 0.15) is 6.04 Å². The molecular weight excluding hydrogens is 341 g/mol. The SMILES string of the molecule is CC1C(=O)NCC(=O)N1c1ccc(Br)cc1C(F)(F)F. The second kappa shape index (κ2) is 5.08. The van der Waals surface area contributed by atoms with Crippen molar-refractivity contribution in [1.29, 1.82) is 0 Å². The van der Waals surface area contributed by atoms with Crippen LogP contribution in [0, 0.1) is 0 Å². The first-order valence-electron chi connectivity index (χ1n) is 5.68. The Labute approximate surface area is 121 Å². The van der Waals surface area contributed by atoms with Crippen LogP contribution in [-0.2, 0) is 15.8 Å². The third-order valence-electron chi connectivity index (χ3n) is 2.97. The van der Waals surface area contributed by atoms with Crippen LogP contribution >= 0.6 is 15.9 Å². The molecule has 0 saturated carbocycles. The largest absolute Gasteiger partial charge is 0.418 e. The molecule has 1 aliphatic rings. The number of carbonyl (C=O) groups is 2. The third kappa shape index (κ3) is 2.65. The summed E-state index contributed by atoms with van der Waals surface area (Å²) in [5.74, 6) is -1.06. The van der Waals surface area contributed by atoms with Gasteiger partial charge in [0.25, 0.3) is 0 Å². The van der Waals surface area contributed by atoms with E-state index >= 15 is 0 Å². The molecule has 108 valence electrons. The summed E-state index contributed by atoms with van der Waals surface area (Å²) in [4.78, 5) is 24.3. The summed E-state index contributed by atoms with van der Waals surface area (Å²) in [6.45, 7) is 1.07. The number of hydrogen-bond donors (Lipinski definition) is 1. The standard InChI is InChI=1S/C12H10BrF3N2O2/c1-6-11(20)17-5-10(19)18(6)9-3-2-7(13)4-8(9)12(14,15)16/h2-4,6H,5H2,1H3,(H,17,20). The van der Waals surface area contributed by atoms with Crippen LogP contribution in [0.1, 0.15) is 12.5 Å². The molecule has 0 aromatic heterocycles. The van der Waals surface area contributed by atoms with Gasteiger partial charge in [-0.3, -0.25) is 14.5 Å². The van der Waals surface area contributed by atoms with E-state index in [9.17, 15) is 22.8 Å². The Kier molecular flexibility index (Phi) is 3.77. The van der Waals surface area contributed by atoms with Gasteiger partial charge in [0.2, 0.25) is 11.8 Å². The first kappa shape index (κ1) is 14.8. The van der Waals surface area contributed by atoms with Crippen LogP contribution in [0.15, 0.2) is 22.7 Å². The lowest BCUT2D eigenvalue weighted by molar-refractivity contribution is -0.138. The number of piperazine rings is 1. The third-order valence-corrected chi connectivity index (χ3v) is 3.47. The summed E-state index contributed by atoms with van der Waals surface area (Å²) in [6.07, 6.45) is -4.62. The van der Waals surface area contributed by atoms with E-state index in [-0.39, 0.29) is 16.7 Å². The first-order valence-corrected chi connectivity index (χ1v) is 6.47. The highest BCUT2D eigenvalue weighted by atomic mass is 79.9. The zero-order valence-electron chi connectivity index (χ0n) is 10.3. The lowest BCUT2D eigenvalue weighted by Crippen LogP contribution is -2.57. The highest BCUT2D eigenvalue weighted by molar-refractivity contribution is 9.10. The molecule has 1 aromatic rings. The Morgan fingerprint density at radius 1 is 1.35 bits per heavy atom.